The minimum Gasteiger partial charge on any atom is -0.436 e. The van der Waals surface area contributed by atoms with E-state index in [0.717, 1.165) is 22.2 Å². The number of hydrogen-bond acceptors (Lipinski definition) is 4. The third-order valence-electron chi connectivity index (χ3n) is 3.93. The van der Waals surface area contributed by atoms with Gasteiger partial charge in [0.25, 0.3) is 0 Å². The van der Waals surface area contributed by atoms with Crippen LogP contribution in [0.15, 0.2) is 77.3 Å². The molecule has 0 saturated heterocycles. The van der Waals surface area contributed by atoms with E-state index < -0.39 is 6.10 Å². The van der Waals surface area contributed by atoms with Gasteiger partial charge in [0.2, 0.25) is 5.89 Å². The van der Waals surface area contributed by atoms with Crippen molar-refractivity contribution in [1.82, 2.24) is 9.97 Å². The van der Waals surface area contributed by atoms with Crippen molar-refractivity contribution in [2.24, 2.45) is 0 Å². The molecule has 0 saturated carbocycles. The van der Waals surface area contributed by atoms with E-state index in [9.17, 15) is 5.11 Å². The van der Waals surface area contributed by atoms with Crippen LogP contribution in [-0.4, -0.2) is 15.1 Å². The van der Waals surface area contributed by atoms with Crippen molar-refractivity contribution in [3.63, 3.8) is 0 Å². The Kier molecular flexibility index (Phi) is 3.81. The smallest absolute Gasteiger partial charge is 0.227 e. The van der Waals surface area contributed by atoms with Gasteiger partial charge in [0.1, 0.15) is 5.52 Å². The van der Waals surface area contributed by atoms with E-state index in [1.54, 1.807) is 6.20 Å². The average molecular weight is 316 g/mol. The summed E-state index contributed by atoms with van der Waals surface area (Å²) in [6.07, 6.45) is 1.53. The number of aliphatic hydroxyl groups is 1. The van der Waals surface area contributed by atoms with E-state index in [4.69, 9.17) is 4.42 Å². The maximum Gasteiger partial charge on any atom is 0.227 e. The van der Waals surface area contributed by atoms with Crippen LogP contribution in [0.25, 0.3) is 22.6 Å². The molecule has 0 spiro atoms. The van der Waals surface area contributed by atoms with Crippen molar-refractivity contribution in [1.29, 1.82) is 0 Å². The van der Waals surface area contributed by atoms with Gasteiger partial charge in [-0.05, 0) is 42.0 Å². The molecule has 118 valence electrons. The predicted octanol–water partition coefficient (Wildman–Crippen LogP) is 4.17. The zero-order valence-electron chi connectivity index (χ0n) is 13.0. The van der Waals surface area contributed by atoms with Crippen molar-refractivity contribution in [3.8, 4) is 11.5 Å². The lowest BCUT2D eigenvalue weighted by atomic mass is 10.0. The highest BCUT2D eigenvalue weighted by Crippen LogP contribution is 2.26. The minimum atomic E-state index is -0.639. The molecule has 0 bridgehead atoms. The molecule has 4 nitrogen and oxygen atoms in total. The summed E-state index contributed by atoms with van der Waals surface area (Å²) in [6, 6.07) is 21.2. The van der Waals surface area contributed by atoms with E-state index in [1.807, 2.05) is 66.7 Å². The van der Waals surface area contributed by atoms with Gasteiger partial charge in [-0.2, -0.15) is 0 Å². The van der Waals surface area contributed by atoms with E-state index >= 15 is 0 Å². The first-order valence-electron chi connectivity index (χ1n) is 7.83. The van der Waals surface area contributed by atoms with Gasteiger partial charge in [0.15, 0.2) is 5.58 Å². The quantitative estimate of drug-likeness (QED) is 0.614. The molecule has 4 heteroatoms. The monoisotopic (exact) mass is 316 g/mol. The van der Waals surface area contributed by atoms with Gasteiger partial charge in [-0.1, -0.05) is 30.3 Å². The standard InChI is InChI=1S/C20H16N2O2/c23-18(16-8-4-5-11-21-16)12-14-9-10-17-19(13-14)24-20(22-17)15-6-2-1-3-7-15/h1-11,13,18,23H,12H2. The molecular formula is C20H16N2O2. The fourth-order valence-electron chi connectivity index (χ4n) is 2.70. The molecule has 0 fully saturated rings. The minimum absolute atomic E-state index is 0.480. The molecule has 1 N–H and O–H groups in total. The number of pyridine rings is 1. The molecule has 2 heterocycles. The van der Waals surface area contributed by atoms with Crippen molar-refractivity contribution >= 4 is 11.1 Å². The van der Waals surface area contributed by atoms with Crippen molar-refractivity contribution in [2.75, 3.05) is 0 Å². The highest BCUT2D eigenvalue weighted by Gasteiger charge is 2.12. The number of aromatic nitrogens is 2. The lowest BCUT2D eigenvalue weighted by molar-refractivity contribution is 0.173. The summed E-state index contributed by atoms with van der Waals surface area (Å²) in [7, 11) is 0. The molecule has 1 unspecified atom stereocenters. The Labute approximate surface area is 139 Å². The summed E-state index contributed by atoms with van der Waals surface area (Å²) in [5.74, 6) is 0.605. The molecule has 0 aliphatic heterocycles. The van der Waals surface area contributed by atoms with Gasteiger partial charge in [-0.3, -0.25) is 4.98 Å². The van der Waals surface area contributed by atoms with E-state index in [0.29, 0.717) is 18.0 Å². The van der Waals surface area contributed by atoms with Gasteiger partial charge in [0, 0.05) is 18.2 Å². The van der Waals surface area contributed by atoms with Crippen LogP contribution in [0.2, 0.25) is 0 Å². The van der Waals surface area contributed by atoms with Crippen LogP contribution in [0, 0.1) is 0 Å². The SMILES string of the molecule is OC(Cc1ccc2nc(-c3ccccc3)oc2c1)c1ccccn1. The van der Waals surface area contributed by atoms with E-state index in [2.05, 4.69) is 9.97 Å². The Hall–Kier alpha value is -2.98. The molecule has 0 aliphatic rings. The largest absolute Gasteiger partial charge is 0.436 e. The van der Waals surface area contributed by atoms with Gasteiger partial charge in [0.05, 0.1) is 11.8 Å². The summed E-state index contributed by atoms with van der Waals surface area (Å²) >= 11 is 0. The Morgan fingerprint density at radius 1 is 0.958 bits per heavy atom. The zero-order valence-corrected chi connectivity index (χ0v) is 13.0. The molecule has 24 heavy (non-hydrogen) atoms. The lowest BCUT2D eigenvalue weighted by Gasteiger charge is -2.09. The van der Waals surface area contributed by atoms with Crippen LogP contribution in [0.3, 0.4) is 0 Å². The predicted molar refractivity (Wildman–Crippen MR) is 92.3 cm³/mol. The Morgan fingerprint density at radius 2 is 1.79 bits per heavy atom. The zero-order chi connectivity index (χ0) is 16.4. The summed E-state index contributed by atoms with van der Waals surface area (Å²) < 4.78 is 5.87. The molecular weight excluding hydrogens is 300 g/mol. The summed E-state index contributed by atoms with van der Waals surface area (Å²) in [6.45, 7) is 0. The lowest BCUT2D eigenvalue weighted by Crippen LogP contribution is -2.03. The first-order chi connectivity index (χ1) is 11.8. The molecule has 2 aromatic carbocycles. The Bertz CT molecular complexity index is 949. The summed E-state index contributed by atoms with van der Waals surface area (Å²) in [4.78, 5) is 8.72. The Morgan fingerprint density at radius 3 is 2.58 bits per heavy atom. The maximum atomic E-state index is 10.3. The molecule has 2 aromatic heterocycles. The van der Waals surface area contributed by atoms with Crippen LogP contribution in [0.1, 0.15) is 17.4 Å². The van der Waals surface area contributed by atoms with Crippen LogP contribution in [0.5, 0.6) is 0 Å². The van der Waals surface area contributed by atoms with Gasteiger partial charge < -0.3 is 9.52 Å². The van der Waals surface area contributed by atoms with Crippen LogP contribution in [0.4, 0.5) is 0 Å². The number of oxazole rings is 1. The van der Waals surface area contributed by atoms with E-state index in [1.165, 1.54) is 0 Å². The second kappa shape index (κ2) is 6.26. The van der Waals surface area contributed by atoms with Gasteiger partial charge in [-0.15, -0.1) is 0 Å². The first-order valence-corrected chi connectivity index (χ1v) is 7.83. The van der Waals surface area contributed by atoms with Gasteiger partial charge in [-0.25, -0.2) is 4.98 Å². The van der Waals surface area contributed by atoms with Crippen molar-refractivity contribution < 1.29 is 9.52 Å². The number of rotatable bonds is 4. The number of fused-ring (bicyclic) bond motifs is 1. The second-order valence-corrected chi connectivity index (χ2v) is 5.66. The van der Waals surface area contributed by atoms with Crippen LogP contribution in [-0.2, 0) is 6.42 Å². The highest BCUT2D eigenvalue weighted by atomic mass is 16.3. The molecule has 0 radical (unpaired) electrons. The summed E-state index contributed by atoms with van der Waals surface area (Å²) in [5.41, 5.74) is 4.13. The normalized spacial score (nSPS) is 12.4. The molecule has 0 aliphatic carbocycles. The van der Waals surface area contributed by atoms with Crippen molar-refractivity contribution in [3.05, 3.63) is 84.2 Å². The fourth-order valence-corrected chi connectivity index (χ4v) is 2.70. The highest BCUT2D eigenvalue weighted by molar-refractivity contribution is 5.76. The number of hydrogen-bond donors (Lipinski definition) is 1. The van der Waals surface area contributed by atoms with E-state index in [-0.39, 0.29) is 0 Å². The molecule has 1 atom stereocenters. The third kappa shape index (κ3) is 2.92. The molecule has 4 rings (SSSR count). The number of aliphatic hydroxyl groups excluding tert-OH is 1. The summed E-state index contributed by atoms with van der Waals surface area (Å²) in [5, 5.41) is 10.3. The van der Waals surface area contributed by atoms with Gasteiger partial charge >= 0.3 is 0 Å². The van der Waals surface area contributed by atoms with Crippen molar-refractivity contribution in [2.45, 2.75) is 12.5 Å². The van der Waals surface area contributed by atoms with Crippen LogP contribution >= 0.6 is 0 Å². The molecule has 4 aromatic rings. The second-order valence-electron chi connectivity index (χ2n) is 5.66. The maximum absolute atomic E-state index is 10.3. The molecule has 0 amide bonds. The topological polar surface area (TPSA) is 59.2 Å². The Balaban J connectivity index is 1.61. The number of benzene rings is 2. The number of nitrogens with zero attached hydrogens (tertiary/aromatic N) is 2. The first kappa shape index (κ1) is 14.6. The third-order valence-corrected chi connectivity index (χ3v) is 3.93. The average Bonchev–Trinajstić information content (AvgIpc) is 3.06. The fraction of sp³-hybridized carbons (Fsp3) is 0.100. The van der Waals surface area contributed by atoms with Crippen LogP contribution < -0.4 is 0 Å².